The zero-order valence-corrected chi connectivity index (χ0v) is 25.6. The number of carbonyl (C=O) groups is 6. The third kappa shape index (κ3) is 19.2. The van der Waals surface area contributed by atoms with Gasteiger partial charge in [-0.2, -0.15) is 0 Å². The van der Waals surface area contributed by atoms with Crippen molar-refractivity contribution in [1.29, 1.82) is 0 Å². The maximum atomic E-state index is 11.4. The fraction of sp³-hybridized carbons (Fsp3) is 0.417. The first kappa shape index (κ1) is 45.1. The molecule has 0 saturated heterocycles. The molecular weight excluding hydrogens is 608 g/mol. The second-order valence-electron chi connectivity index (χ2n) is 7.58. The molecule has 3 atom stereocenters. The van der Waals surface area contributed by atoms with E-state index in [1.807, 2.05) is 0 Å². The molecule has 0 radical (unpaired) electrons. The molecule has 2 N–H and O–H groups in total. The Morgan fingerprint density at radius 2 is 0.976 bits per heavy atom. The molecule has 0 bridgehead atoms. The number of ether oxygens (including phenoxy) is 4. The van der Waals surface area contributed by atoms with E-state index in [2.05, 4.69) is 46.0 Å². The summed E-state index contributed by atoms with van der Waals surface area (Å²) in [6, 6.07) is 0. The molecule has 0 aliphatic carbocycles. The molecule has 0 aliphatic rings. The Morgan fingerprint density at radius 3 is 1.26 bits per heavy atom. The first-order valence-corrected chi connectivity index (χ1v) is 12.3. The van der Waals surface area contributed by atoms with Gasteiger partial charge in [0.1, 0.15) is 37.5 Å². The van der Waals surface area contributed by atoms with Crippen LogP contribution < -0.4 is 10.6 Å². The van der Waals surface area contributed by atoms with E-state index in [1.165, 1.54) is 0 Å². The van der Waals surface area contributed by atoms with Gasteiger partial charge in [-0.05, 0) is 18.9 Å². The van der Waals surface area contributed by atoms with Crippen LogP contribution in [0.3, 0.4) is 0 Å². The quantitative estimate of drug-likeness (QED) is 0.108. The summed E-state index contributed by atoms with van der Waals surface area (Å²) in [5, 5.41) is 5.06. The standard InChI is InChI=1S/2C12H18NO6P.2FH/c1-4-9(14)17-7-12(6-3,13-11(16)19-20)8-18-10(15)5-2;1-4-9(14)13-12(6-3,7-17-10(15)5-2)8-18-11(16)19-20;;/h4-5H,1-2,6-8,20H2,3H3,(H,13,16);4-5H,1-2,6-8,20H2,3H3,(H,13,14);2*1H. The van der Waals surface area contributed by atoms with Gasteiger partial charge in [0.2, 0.25) is 5.91 Å². The number of carbonyl (C=O) groups excluding carboxylic acids is 6. The van der Waals surface area contributed by atoms with Crippen molar-refractivity contribution in [3.8, 4) is 0 Å². The largest absolute Gasteiger partial charge is 0.510 e. The number of esters is 3. The van der Waals surface area contributed by atoms with E-state index in [9.17, 15) is 28.8 Å². The fourth-order valence-corrected chi connectivity index (χ4v) is 2.53. The highest BCUT2D eigenvalue weighted by molar-refractivity contribution is 7.10. The maximum Gasteiger partial charge on any atom is 0.510 e. The molecule has 0 aromatic carbocycles. The smallest absolute Gasteiger partial charge is 0.460 e. The van der Waals surface area contributed by atoms with Gasteiger partial charge in [-0.3, -0.25) is 14.2 Å². The van der Waals surface area contributed by atoms with Crippen LogP contribution in [0.25, 0.3) is 0 Å². The Labute approximate surface area is 246 Å². The van der Waals surface area contributed by atoms with Gasteiger partial charge >= 0.3 is 30.2 Å². The SMILES string of the molecule is C=CC(=O)NC(CC)(COC(=O)C=C)COC(=O)OP.C=CC(=O)OCC(CC)(COC(=O)C=C)NC(=O)OP.F.F. The molecule has 14 nitrogen and oxygen atoms in total. The highest BCUT2D eigenvalue weighted by atomic mass is 31.0. The van der Waals surface area contributed by atoms with Crippen LogP contribution >= 0.6 is 18.9 Å². The van der Waals surface area contributed by atoms with Crippen LogP contribution in [0.5, 0.6) is 0 Å². The third-order valence-corrected chi connectivity index (χ3v) is 5.34. The number of amides is 2. The lowest BCUT2D eigenvalue weighted by atomic mass is 9.98. The number of hydrogen-bond acceptors (Lipinski definition) is 12. The van der Waals surface area contributed by atoms with Crippen molar-refractivity contribution in [2.75, 3.05) is 26.4 Å². The molecule has 0 aromatic heterocycles. The first-order valence-electron chi connectivity index (χ1n) is 11.4. The Kier molecular flexibility index (Phi) is 26.7. The van der Waals surface area contributed by atoms with Gasteiger partial charge in [0.05, 0.1) is 18.9 Å². The lowest BCUT2D eigenvalue weighted by Gasteiger charge is -2.31. The van der Waals surface area contributed by atoms with E-state index >= 15 is 0 Å². The summed E-state index contributed by atoms with van der Waals surface area (Å²) in [7, 11) is 3.53. The molecule has 2 amide bonds. The molecule has 0 spiro atoms. The van der Waals surface area contributed by atoms with Gasteiger partial charge in [-0.15, -0.1) is 0 Å². The minimum absolute atomic E-state index is 0. The van der Waals surface area contributed by atoms with Gasteiger partial charge < -0.3 is 38.6 Å². The van der Waals surface area contributed by atoms with Crippen molar-refractivity contribution in [2.45, 2.75) is 37.8 Å². The highest BCUT2D eigenvalue weighted by Gasteiger charge is 2.34. The molecule has 0 aromatic rings. The summed E-state index contributed by atoms with van der Waals surface area (Å²) in [6.45, 7) is 15.8. The van der Waals surface area contributed by atoms with Crippen molar-refractivity contribution in [3.05, 3.63) is 50.6 Å². The molecular formula is C24H38F2N2O12P2. The third-order valence-electron chi connectivity index (χ3n) is 4.94. The summed E-state index contributed by atoms with van der Waals surface area (Å²) >= 11 is 0. The number of nitrogens with one attached hydrogen (secondary N) is 2. The number of hydrogen-bond donors (Lipinski definition) is 2. The summed E-state index contributed by atoms with van der Waals surface area (Å²) in [6.07, 6.45) is 3.02. The van der Waals surface area contributed by atoms with Crippen LogP contribution in [0.15, 0.2) is 50.6 Å². The first-order chi connectivity index (χ1) is 18.8. The monoisotopic (exact) mass is 646 g/mol. The van der Waals surface area contributed by atoms with Crippen LogP contribution in [0, 0.1) is 0 Å². The zero-order chi connectivity index (χ0) is 31.2. The molecule has 0 heterocycles. The van der Waals surface area contributed by atoms with Crippen LogP contribution in [-0.4, -0.2) is 73.6 Å². The van der Waals surface area contributed by atoms with Crippen LogP contribution in [0.4, 0.5) is 19.0 Å². The fourth-order valence-electron chi connectivity index (χ4n) is 2.41. The highest BCUT2D eigenvalue weighted by Crippen LogP contribution is 2.15. The topological polar surface area (TPSA) is 182 Å². The van der Waals surface area contributed by atoms with Gasteiger partial charge in [-0.1, -0.05) is 40.2 Å². The van der Waals surface area contributed by atoms with Gasteiger partial charge in [-0.25, -0.2) is 24.0 Å². The minimum Gasteiger partial charge on any atom is -0.460 e. The van der Waals surface area contributed by atoms with Crippen LogP contribution in [0.2, 0.25) is 0 Å². The van der Waals surface area contributed by atoms with E-state index in [1.54, 1.807) is 32.8 Å². The molecule has 0 saturated carbocycles. The van der Waals surface area contributed by atoms with E-state index in [0.717, 1.165) is 24.3 Å². The Bertz CT molecular complexity index is 928. The molecule has 0 fully saturated rings. The second kappa shape index (κ2) is 24.9. The normalized spacial score (nSPS) is 10.8. The van der Waals surface area contributed by atoms with Crippen LogP contribution in [-0.2, 0) is 47.2 Å². The van der Waals surface area contributed by atoms with Crippen molar-refractivity contribution >= 4 is 55.0 Å². The summed E-state index contributed by atoms with van der Waals surface area (Å²) in [5.41, 5.74) is -2.16. The lowest BCUT2D eigenvalue weighted by Crippen LogP contribution is -2.55. The maximum absolute atomic E-state index is 11.4. The Hall–Kier alpha value is -3.90. The molecule has 42 heavy (non-hydrogen) atoms. The van der Waals surface area contributed by atoms with Gasteiger partial charge in [0, 0.05) is 18.2 Å². The molecule has 240 valence electrons. The van der Waals surface area contributed by atoms with Crippen molar-refractivity contribution in [3.63, 3.8) is 0 Å². The van der Waals surface area contributed by atoms with E-state index < -0.39 is 47.1 Å². The number of rotatable bonds is 16. The molecule has 3 unspecified atom stereocenters. The van der Waals surface area contributed by atoms with Crippen molar-refractivity contribution < 1.29 is 66.2 Å². The van der Waals surface area contributed by atoms with Crippen molar-refractivity contribution in [2.24, 2.45) is 0 Å². The van der Waals surface area contributed by atoms with Gasteiger partial charge in [0.15, 0.2) is 0 Å². The predicted molar refractivity (Wildman–Crippen MR) is 154 cm³/mol. The minimum atomic E-state index is -1.09. The molecule has 18 heteroatoms. The van der Waals surface area contributed by atoms with E-state index in [0.29, 0.717) is 12.8 Å². The van der Waals surface area contributed by atoms with Crippen molar-refractivity contribution in [1.82, 2.24) is 10.6 Å². The summed E-state index contributed by atoms with van der Waals surface area (Å²) in [5.74, 6) is -2.44. The predicted octanol–water partition coefficient (Wildman–Crippen LogP) is 2.52. The molecule has 0 rings (SSSR count). The van der Waals surface area contributed by atoms with E-state index in [-0.39, 0.29) is 35.8 Å². The van der Waals surface area contributed by atoms with Gasteiger partial charge in [0.25, 0.3) is 0 Å². The average molecular weight is 647 g/mol. The Balaban J connectivity index is -0.000000328. The summed E-state index contributed by atoms with van der Waals surface area (Å²) in [4.78, 5) is 67.1. The average Bonchev–Trinajstić information content (AvgIpc) is 2.98. The number of halogens is 2. The molecule has 0 aliphatic heterocycles. The zero-order valence-electron chi connectivity index (χ0n) is 23.3. The van der Waals surface area contributed by atoms with E-state index in [4.69, 9.17) is 18.9 Å². The lowest BCUT2D eigenvalue weighted by molar-refractivity contribution is -0.145. The summed E-state index contributed by atoms with van der Waals surface area (Å²) < 4.78 is 28.2. The second-order valence-corrected chi connectivity index (χ2v) is 8.05. The Morgan fingerprint density at radius 1 is 0.619 bits per heavy atom. The van der Waals surface area contributed by atoms with Crippen LogP contribution in [0.1, 0.15) is 26.7 Å².